The van der Waals surface area contributed by atoms with Gasteiger partial charge in [0.15, 0.2) is 0 Å². The first-order valence-electron chi connectivity index (χ1n) is 8.92. The standard InChI is InChI=1S/C24H22O3/c1-25-19-8-4-16(5-9-19)23-15-18-14-21(27-3)12-13-22(18)24(23)17-6-10-20(26-2)11-7-17/h4-14H,15H2,1-3H3. The lowest BCUT2D eigenvalue weighted by molar-refractivity contribution is 0.414. The maximum absolute atomic E-state index is 5.43. The fraction of sp³-hybridized carbons (Fsp3) is 0.167. The molecule has 1 aliphatic rings. The van der Waals surface area contributed by atoms with Crippen LogP contribution in [-0.2, 0) is 6.42 Å². The quantitative estimate of drug-likeness (QED) is 0.625. The van der Waals surface area contributed by atoms with Crippen LogP contribution in [0.2, 0.25) is 0 Å². The van der Waals surface area contributed by atoms with Crippen LogP contribution in [0, 0.1) is 0 Å². The summed E-state index contributed by atoms with van der Waals surface area (Å²) in [6, 6.07) is 22.9. The molecule has 3 aromatic carbocycles. The van der Waals surface area contributed by atoms with E-state index in [4.69, 9.17) is 14.2 Å². The van der Waals surface area contributed by atoms with Crippen molar-refractivity contribution in [1.82, 2.24) is 0 Å². The third-order valence-corrected chi connectivity index (χ3v) is 5.07. The van der Waals surface area contributed by atoms with E-state index in [1.165, 1.54) is 33.4 Å². The number of allylic oxidation sites excluding steroid dienone is 1. The summed E-state index contributed by atoms with van der Waals surface area (Å²) < 4.78 is 16.1. The Morgan fingerprint density at radius 2 is 1.11 bits per heavy atom. The molecule has 0 fully saturated rings. The Kier molecular flexibility index (Phi) is 4.59. The van der Waals surface area contributed by atoms with E-state index in [9.17, 15) is 0 Å². The van der Waals surface area contributed by atoms with Gasteiger partial charge in [-0.15, -0.1) is 0 Å². The molecule has 0 aromatic heterocycles. The molecule has 3 nitrogen and oxygen atoms in total. The molecule has 3 aromatic rings. The molecule has 0 amide bonds. The summed E-state index contributed by atoms with van der Waals surface area (Å²) in [6.07, 6.45) is 0.875. The summed E-state index contributed by atoms with van der Waals surface area (Å²) in [5, 5.41) is 0. The maximum atomic E-state index is 5.43. The van der Waals surface area contributed by atoms with Crippen LogP contribution in [0.15, 0.2) is 66.7 Å². The van der Waals surface area contributed by atoms with Crippen molar-refractivity contribution in [2.24, 2.45) is 0 Å². The zero-order valence-corrected chi connectivity index (χ0v) is 15.8. The number of rotatable bonds is 5. The van der Waals surface area contributed by atoms with Gasteiger partial charge in [-0.2, -0.15) is 0 Å². The van der Waals surface area contributed by atoms with Crippen molar-refractivity contribution in [3.05, 3.63) is 89.0 Å². The highest BCUT2D eigenvalue weighted by atomic mass is 16.5. The van der Waals surface area contributed by atoms with Gasteiger partial charge in [-0.05, 0) is 76.2 Å². The topological polar surface area (TPSA) is 27.7 Å². The van der Waals surface area contributed by atoms with Crippen LogP contribution in [0.5, 0.6) is 17.2 Å². The Morgan fingerprint density at radius 1 is 0.593 bits per heavy atom. The average Bonchev–Trinajstić information content (AvgIpc) is 3.12. The summed E-state index contributed by atoms with van der Waals surface area (Å²) in [6.45, 7) is 0. The average molecular weight is 358 g/mol. The smallest absolute Gasteiger partial charge is 0.119 e. The first-order valence-corrected chi connectivity index (χ1v) is 8.92. The van der Waals surface area contributed by atoms with Crippen LogP contribution in [0.25, 0.3) is 11.1 Å². The van der Waals surface area contributed by atoms with E-state index in [1.54, 1.807) is 21.3 Å². The molecule has 0 atom stereocenters. The van der Waals surface area contributed by atoms with Gasteiger partial charge in [0.2, 0.25) is 0 Å². The van der Waals surface area contributed by atoms with Gasteiger partial charge in [0.05, 0.1) is 21.3 Å². The van der Waals surface area contributed by atoms with Crippen molar-refractivity contribution < 1.29 is 14.2 Å². The Hall–Kier alpha value is -3.20. The van der Waals surface area contributed by atoms with Crippen LogP contribution in [-0.4, -0.2) is 21.3 Å². The minimum absolute atomic E-state index is 0.860. The van der Waals surface area contributed by atoms with Crippen molar-refractivity contribution in [3.8, 4) is 17.2 Å². The van der Waals surface area contributed by atoms with Crippen LogP contribution >= 0.6 is 0 Å². The molecule has 136 valence electrons. The second-order valence-electron chi connectivity index (χ2n) is 6.51. The minimum atomic E-state index is 0.860. The number of methoxy groups -OCH3 is 3. The summed E-state index contributed by atoms with van der Waals surface area (Å²) in [5.74, 6) is 2.61. The predicted molar refractivity (Wildman–Crippen MR) is 109 cm³/mol. The highest BCUT2D eigenvalue weighted by Crippen LogP contribution is 2.43. The molecular weight excluding hydrogens is 336 g/mol. The van der Waals surface area contributed by atoms with Gasteiger partial charge in [0, 0.05) is 0 Å². The van der Waals surface area contributed by atoms with E-state index in [1.807, 2.05) is 30.3 Å². The lowest BCUT2D eigenvalue weighted by Crippen LogP contribution is -1.91. The van der Waals surface area contributed by atoms with Crippen LogP contribution in [0.3, 0.4) is 0 Å². The lowest BCUT2D eigenvalue weighted by atomic mass is 9.94. The number of hydrogen-bond donors (Lipinski definition) is 0. The molecule has 0 aliphatic heterocycles. The molecule has 0 saturated heterocycles. The molecule has 0 N–H and O–H groups in total. The number of benzene rings is 3. The summed E-state index contributed by atoms with van der Waals surface area (Å²) in [5.41, 5.74) is 7.51. The van der Waals surface area contributed by atoms with Gasteiger partial charge in [-0.1, -0.05) is 30.3 Å². The molecule has 3 heteroatoms. The van der Waals surface area contributed by atoms with Gasteiger partial charge in [0.25, 0.3) is 0 Å². The second-order valence-corrected chi connectivity index (χ2v) is 6.51. The Labute approximate surface area is 159 Å². The molecule has 0 heterocycles. The highest BCUT2D eigenvalue weighted by Gasteiger charge is 2.24. The summed E-state index contributed by atoms with van der Waals surface area (Å²) in [4.78, 5) is 0. The Balaban J connectivity index is 1.86. The molecule has 0 radical (unpaired) electrons. The van der Waals surface area contributed by atoms with E-state index in [-0.39, 0.29) is 0 Å². The summed E-state index contributed by atoms with van der Waals surface area (Å²) >= 11 is 0. The van der Waals surface area contributed by atoms with Crippen LogP contribution < -0.4 is 14.2 Å². The molecule has 4 rings (SSSR count). The van der Waals surface area contributed by atoms with Gasteiger partial charge in [-0.25, -0.2) is 0 Å². The van der Waals surface area contributed by atoms with Gasteiger partial charge >= 0.3 is 0 Å². The number of ether oxygens (including phenoxy) is 3. The van der Waals surface area contributed by atoms with E-state index in [2.05, 4.69) is 36.4 Å². The maximum Gasteiger partial charge on any atom is 0.119 e. The molecule has 0 spiro atoms. The van der Waals surface area contributed by atoms with Crippen molar-refractivity contribution in [3.63, 3.8) is 0 Å². The Bertz CT molecular complexity index is 983. The molecular formula is C24H22O3. The summed E-state index contributed by atoms with van der Waals surface area (Å²) in [7, 11) is 5.09. The van der Waals surface area contributed by atoms with E-state index in [0.717, 1.165) is 23.7 Å². The van der Waals surface area contributed by atoms with Crippen LogP contribution in [0.4, 0.5) is 0 Å². The zero-order valence-electron chi connectivity index (χ0n) is 15.8. The molecule has 0 saturated carbocycles. The third-order valence-electron chi connectivity index (χ3n) is 5.07. The van der Waals surface area contributed by atoms with Crippen molar-refractivity contribution in [2.45, 2.75) is 6.42 Å². The van der Waals surface area contributed by atoms with Crippen molar-refractivity contribution in [2.75, 3.05) is 21.3 Å². The largest absolute Gasteiger partial charge is 0.497 e. The predicted octanol–water partition coefficient (Wildman–Crippen LogP) is 5.23. The van der Waals surface area contributed by atoms with E-state index in [0.29, 0.717) is 0 Å². The van der Waals surface area contributed by atoms with E-state index >= 15 is 0 Å². The van der Waals surface area contributed by atoms with Crippen molar-refractivity contribution in [1.29, 1.82) is 0 Å². The first kappa shape index (κ1) is 17.2. The minimum Gasteiger partial charge on any atom is -0.497 e. The molecule has 27 heavy (non-hydrogen) atoms. The normalized spacial score (nSPS) is 12.7. The second kappa shape index (κ2) is 7.20. The highest BCUT2D eigenvalue weighted by molar-refractivity contribution is 6.03. The lowest BCUT2D eigenvalue weighted by Gasteiger charge is -2.11. The van der Waals surface area contributed by atoms with Crippen molar-refractivity contribution >= 4 is 11.1 Å². The van der Waals surface area contributed by atoms with Gasteiger partial charge in [-0.3, -0.25) is 0 Å². The molecule has 0 unspecified atom stereocenters. The first-order chi connectivity index (χ1) is 13.2. The van der Waals surface area contributed by atoms with Gasteiger partial charge in [0.1, 0.15) is 17.2 Å². The van der Waals surface area contributed by atoms with Crippen LogP contribution in [0.1, 0.15) is 22.3 Å². The molecule has 0 bridgehead atoms. The zero-order chi connectivity index (χ0) is 18.8. The van der Waals surface area contributed by atoms with Gasteiger partial charge < -0.3 is 14.2 Å². The molecule has 1 aliphatic carbocycles. The SMILES string of the molecule is COc1ccc(C2=C(c3ccc(OC)cc3)c3ccc(OC)cc3C2)cc1. The fourth-order valence-corrected chi connectivity index (χ4v) is 3.65. The Morgan fingerprint density at radius 3 is 1.67 bits per heavy atom. The van der Waals surface area contributed by atoms with E-state index < -0.39 is 0 Å². The number of hydrogen-bond acceptors (Lipinski definition) is 3. The number of fused-ring (bicyclic) bond motifs is 1. The fourth-order valence-electron chi connectivity index (χ4n) is 3.65. The monoisotopic (exact) mass is 358 g/mol. The third kappa shape index (κ3) is 3.17.